The van der Waals surface area contributed by atoms with E-state index in [1.807, 2.05) is 6.92 Å². The summed E-state index contributed by atoms with van der Waals surface area (Å²) >= 11 is 0. The van der Waals surface area contributed by atoms with Crippen molar-refractivity contribution in [1.29, 1.82) is 0 Å². The number of hydrogen-bond acceptors (Lipinski definition) is 5. The van der Waals surface area contributed by atoms with Gasteiger partial charge in [0.25, 0.3) is 0 Å². The van der Waals surface area contributed by atoms with Gasteiger partial charge in [0, 0.05) is 0 Å². The van der Waals surface area contributed by atoms with Crippen LogP contribution in [-0.4, -0.2) is 42.3 Å². The van der Waals surface area contributed by atoms with E-state index < -0.39 is 22.0 Å². The Labute approximate surface area is 100 Å². The molecule has 1 aliphatic rings. The summed E-state index contributed by atoms with van der Waals surface area (Å²) in [5.74, 6) is -0.286. The van der Waals surface area contributed by atoms with Crippen LogP contribution in [0.15, 0.2) is 18.2 Å². The Balaban J connectivity index is 2.19. The Hall–Kier alpha value is -1.27. The lowest BCUT2D eigenvalue weighted by Gasteiger charge is -2.17. The molecule has 0 saturated carbocycles. The summed E-state index contributed by atoms with van der Waals surface area (Å²) in [6.07, 6.45) is -0.931. The Kier molecular flexibility index (Phi) is 3.01. The summed E-state index contributed by atoms with van der Waals surface area (Å²) in [6.45, 7) is 1.87. The standard InChI is InChI=1S/C11H15NO4S/c1-7-2-3-10(13)8(4-7)12-9-5-17(15,16)6-11(9)14/h2-4,9,11-14H,5-6H2,1H3/t9-,11-/m1/s1. The Bertz CT molecular complexity index is 526. The van der Waals surface area contributed by atoms with Gasteiger partial charge in [-0.3, -0.25) is 0 Å². The molecule has 0 bridgehead atoms. The number of benzene rings is 1. The van der Waals surface area contributed by atoms with Gasteiger partial charge < -0.3 is 15.5 Å². The van der Waals surface area contributed by atoms with Gasteiger partial charge in [-0.05, 0) is 24.6 Å². The maximum Gasteiger partial charge on any atom is 0.155 e. The van der Waals surface area contributed by atoms with Crippen LogP contribution >= 0.6 is 0 Å². The largest absolute Gasteiger partial charge is 0.506 e. The summed E-state index contributed by atoms with van der Waals surface area (Å²) in [5.41, 5.74) is 1.40. The molecular weight excluding hydrogens is 242 g/mol. The van der Waals surface area contributed by atoms with Gasteiger partial charge in [0.05, 0.1) is 29.3 Å². The van der Waals surface area contributed by atoms with Crippen molar-refractivity contribution in [3.63, 3.8) is 0 Å². The van der Waals surface area contributed by atoms with E-state index in [9.17, 15) is 18.6 Å². The van der Waals surface area contributed by atoms with Crippen LogP contribution in [0.1, 0.15) is 5.56 Å². The van der Waals surface area contributed by atoms with E-state index in [2.05, 4.69) is 5.32 Å². The fourth-order valence-electron chi connectivity index (χ4n) is 1.93. The van der Waals surface area contributed by atoms with Crippen molar-refractivity contribution in [2.45, 2.75) is 19.1 Å². The average molecular weight is 257 g/mol. The first-order valence-electron chi connectivity index (χ1n) is 5.32. The van der Waals surface area contributed by atoms with Gasteiger partial charge in [0.2, 0.25) is 0 Å². The van der Waals surface area contributed by atoms with E-state index in [1.165, 1.54) is 6.07 Å². The number of anilines is 1. The fourth-order valence-corrected chi connectivity index (χ4v) is 3.67. The van der Waals surface area contributed by atoms with Crippen molar-refractivity contribution in [2.75, 3.05) is 16.8 Å². The van der Waals surface area contributed by atoms with E-state index in [4.69, 9.17) is 0 Å². The SMILES string of the molecule is Cc1ccc(O)c(N[C@@H]2CS(=O)(=O)C[C@H]2O)c1. The summed E-state index contributed by atoms with van der Waals surface area (Å²) in [6, 6.07) is 4.44. The van der Waals surface area contributed by atoms with E-state index in [-0.39, 0.29) is 17.3 Å². The zero-order valence-electron chi connectivity index (χ0n) is 9.42. The van der Waals surface area contributed by atoms with Crippen molar-refractivity contribution in [3.05, 3.63) is 23.8 Å². The molecule has 6 heteroatoms. The molecule has 0 aliphatic carbocycles. The topological polar surface area (TPSA) is 86.6 Å². The smallest absolute Gasteiger partial charge is 0.155 e. The van der Waals surface area contributed by atoms with Crippen LogP contribution in [0.25, 0.3) is 0 Å². The molecule has 2 rings (SSSR count). The highest BCUT2D eigenvalue weighted by Gasteiger charge is 2.36. The van der Waals surface area contributed by atoms with E-state index in [0.717, 1.165) is 5.56 Å². The highest BCUT2D eigenvalue weighted by atomic mass is 32.2. The molecule has 0 spiro atoms. The molecular formula is C11H15NO4S. The number of phenolic OH excluding ortho intramolecular Hbond substituents is 1. The predicted octanol–water partition coefficient (Wildman–Crippen LogP) is 0.270. The van der Waals surface area contributed by atoms with Crippen LogP contribution in [0, 0.1) is 6.92 Å². The lowest BCUT2D eigenvalue weighted by molar-refractivity contribution is 0.190. The molecule has 94 valence electrons. The number of phenols is 1. The van der Waals surface area contributed by atoms with Gasteiger partial charge in [-0.15, -0.1) is 0 Å². The maximum atomic E-state index is 11.3. The second-order valence-corrected chi connectivity index (χ2v) is 6.57. The number of aryl methyl sites for hydroxylation is 1. The number of nitrogens with one attached hydrogen (secondary N) is 1. The van der Waals surface area contributed by atoms with Gasteiger partial charge >= 0.3 is 0 Å². The fraction of sp³-hybridized carbons (Fsp3) is 0.455. The van der Waals surface area contributed by atoms with E-state index >= 15 is 0 Å². The van der Waals surface area contributed by atoms with Gasteiger partial charge in [0.15, 0.2) is 9.84 Å². The molecule has 17 heavy (non-hydrogen) atoms. The first-order chi connectivity index (χ1) is 7.87. The first-order valence-corrected chi connectivity index (χ1v) is 7.14. The van der Waals surface area contributed by atoms with Crippen molar-refractivity contribution in [3.8, 4) is 5.75 Å². The normalized spacial score (nSPS) is 26.9. The van der Waals surface area contributed by atoms with Crippen molar-refractivity contribution in [1.82, 2.24) is 0 Å². The monoisotopic (exact) mass is 257 g/mol. The number of rotatable bonds is 2. The Morgan fingerprint density at radius 2 is 2.06 bits per heavy atom. The number of aromatic hydroxyl groups is 1. The van der Waals surface area contributed by atoms with E-state index in [0.29, 0.717) is 5.69 Å². The minimum Gasteiger partial charge on any atom is -0.506 e. The first kappa shape index (κ1) is 12.2. The summed E-state index contributed by atoms with van der Waals surface area (Å²) in [5, 5.41) is 22.1. The van der Waals surface area contributed by atoms with Crippen LogP contribution in [0.2, 0.25) is 0 Å². The molecule has 1 saturated heterocycles. The molecule has 1 aromatic carbocycles. The number of aliphatic hydroxyl groups excluding tert-OH is 1. The minimum atomic E-state index is -3.18. The molecule has 5 nitrogen and oxygen atoms in total. The number of sulfone groups is 1. The second-order valence-electron chi connectivity index (χ2n) is 4.42. The van der Waals surface area contributed by atoms with Gasteiger partial charge in [-0.25, -0.2) is 8.42 Å². The molecule has 0 unspecified atom stereocenters. The zero-order valence-corrected chi connectivity index (χ0v) is 10.2. The quantitative estimate of drug-likeness (QED) is 0.662. The third kappa shape index (κ3) is 2.70. The third-order valence-corrected chi connectivity index (χ3v) is 4.53. The van der Waals surface area contributed by atoms with Crippen LogP contribution in [0.5, 0.6) is 5.75 Å². The average Bonchev–Trinajstić information content (AvgIpc) is 2.46. The predicted molar refractivity (Wildman–Crippen MR) is 64.9 cm³/mol. The molecule has 1 fully saturated rings. The van der Waals surface area contributed by atoms with E-state index in [1.54, 1.807) is 12.1 Å². The maximum absolute atomic E-state index is 11.3. The molecule has 0 aromatic heterocycles. The number of hydrogen-bond donors (Lipinski definition) is 3. The third-order valence-electron chi connectivity index (χ3n) is 2.82. The van der Waals surface area contributed by atoms with Crippen molar-refractivity contribution in [2.24, 2.45) is 0 Å². The summed E-state index contributed by atoms with van der Waals surface area (Å²) < 4.78 is 22.7. The molecule has 1 heterocycles. The summed E-state index contributed by atoms with van der Waals surface area (Å²) in [4.78, 5) is 0. The molecule has 3 N–H and O–H groups in total. The second kappa shape index (κ2) is 4.19. The molecule has 2 atom stereocenters. The zero-order chi connectivity index (χ0) is 12.6. The molecule has 0 amide bonds. The lowest BCUT2D eigenvalue weighted by Crippen LogP contribution is -2.31. The van der Waals surface area contributed by atoms with Gasteiger partial charge in [-0.1, -0.05) is 6.07 Å². The van der Waals surface area contributed by atoms with Crippen LogP contribution in [-0.2, 0) is 9.84 Å². The molecule has 1 aliphatic heterocycles. The van der Waals surface area contributed by atoms with Crippen LogP contribution < -0.4 is 5.32 Å². The summed E-state index contributed by atoms with van der Waals surface area (Å²) in [7, 11) is -3.18. The number of aliphatic hydroxyl groups is 1. The van der Waals surface area contributed by atoms with Gasteiger partial charge in [0.1, 0.15) is 5.75 Å². The molecule has 0 radical (unpaired) electrons. The highest BCUT2D eigenvalue weighted by molar-refractivity contribution is 7.91. The Morgan fingerprint density at radius 1 is 1.35 bits per heavy atom. The highest BCUT2D eigenvalue weighted by Crippen LogP contribution is 2.27. The lowest BCUT2D eigenvalue weighted by atomic mass is 10.1. The van der Waals surface area contributed by atoms with Crippen LogP contribution in [0.4, 0.5) is 5.69 Å². The van der Waals surface area contributed by atoms with Crippen molar-refractivity contribution >= 4 is 15.5 Å². The van der Waals surface area contributed by atoms with Gasteiger partial charge in [-0.2, -0.15) is 0 Å². The molecule has 1 aromatic rings. The van der Waals surface area contributed by atoms with Crippen molar-refractivity contribution < 1.29 is 18.6 Å². The minimum absolute atomic E-state index is 0.0482. The Morgan fingerprint density at radius 3 is 2.65 bits per heavy atom. The van der Waals surface area contributed by atoms with Crippen LogP contribution in [0.3, 0.4) is 0 Å².